The molecule has 0 aliphatic heterocycles. The lowest BCUT2D eigenvalue weighted by atomic mass is 10.1. The lowest BCUT2D eigenvalue weighted by molar-refractivity contribution is 0.420. The molecular weight excluding hydrogens is 281 g/mol. The first-order valence-corrected chi connectivity index (χ1v) is 6.86. The maximum atomic E-state index is 6.15. The molecule has 1 aromatic heterocycles. The summed E-state index contributed by atoms with van der Waals surface area (Å²) in [5.41, 5.74) is 1.82. The standard InChI is InChI=1S/C14H17Cl2N3/c1-14(2,3)17-9-11-6-7-19(18-11)13-8-10(15)4-5-12(13)16/h4-8,17H,9H2,1-3H3. The monoisotopic (exact) mass is 297 g/mol. The van der Waals surface area contributed by atoms with E-state index in [1.54, 1.807) is 22.9 Å². The van der Waals surface area contributed by atoms with Crippen LogP contribution in [0.3, 0.4) is 0 Å². The minimum atomic E-state index is 0.0669. The largest absolute Gasteiger partial charge is 0.306 e. The van der Waals surface area contributed by atoms with Gasteiger partial charge in [-0.25, -0.2) is 4.68 Å². The van der Waals surface area contributed by atoms with Crippen LogP contribution in [-0.2, 0) is 6.54 Å². The van der Waals surface area contributed by atoms with Crippen molar-refractivity contribution >= 4 is 23.2 Å². The van der Waals surface area contributed by atoms with Crippen molar-refractivity contribution in [1.29, 1.82) is 0 Å². The molecule has 5 heteroatoms. The molecule has 3 nitrogen and oxygen atoms in total. The molecule has 19 heavy (non-hydrogen) atoms. The van der Waals surface area contributed by atoms with Gasteiger partial charge in [-0.1, -0.05) is 23.2 Å². The number of aromatic nitrogens is 2. The minimum Gasteiger partial charge on any atom is -0.306 e. The summed E-state index contributed by atoms with van der Waals surface area (Å²) >= 11 is 12.1. The highest BCUT2D eigenvalue weighted by Gasteiger charge is 2.10. The average molecular weight is 298 g/mol. The first-order chi connectivity index (χ1) is 8.85. The number of nitrogens with one attached hydrogen (secondary N) is 1. The predicted octanol–water partition coefficient (Wildman–Crippen LogP) is 4.07. The summed E-state index contributed by atoms with van der Waals surface area (Å²) in [5, 5.41) is 9.16. The fourth-order valence-electron chi connectivity index (χ4n) is 1.61. The van der Waals surface area contributed by atoms with E-state index in [4.69, 9.17) is 23.2 Å². The van der Waals surface area contributed by atoms with Crippen LogP contribution in [0.15, 0.2) is 30.5 Å². The highest BCUT2D eigenvalue weighted by Crippen LogP contribution is 2.23. The fraction of sp³-hybridized carbons (Fsp3) is 0.357. The number of hydrogen-bond acceptors (Lipinski definition) is 2. The van der Waals surface area contributed by atoms with Crippen LogP contribution < -0.4 is 5.32 Å². The Hall–Kier alpha value is -1.03. The summed E-state index contributed by atoms with van der Waals surface area (Å²) < 4.78 is 1.74. The fourth-order valence-corrected chi connectivity index (χ4v) is 1.98. The summed E-state index contributed by atoms with van der Waals surface area (Å²) in [6, 6.07) is 7.31. The van der Waals surface area contributed by atoms with Gasteiger partial charge in [0.1, 0.15) is 0 Å². The summed E-state index contributed by atoms with van der Waals surface area (Å²) in [6.45, 7) is 7.09. The van der Waals surface area contributed by atoms with Crippen LogP contribution in [0.1, 0.15) is 26.5 Å². The van der Waals surface area contributed by atoms with E-state index in [1.807, 2.05) is 12.3 Å². The van der Waals surface area contributed by atoms with Crippen molar-refractivity contribution in [2.24, 2.45) is 0 Å². The maximum Gasteiger partial charge on any atom is 0.0846 e. The first-order valence-electron chi connectivity index (χ1n) is 6.10. The molecular formula is C14H17Cl2N3. The SMILES string of the molecule is CC(C)(C)NCc1ccn(-c2cc(Cl)ccc2Cl)n1. The molecule has 1 N–H and O–H groups in total. The van der Waals surface area contributed by atoms with E-state index in [2.05, 4.69) is 31.2 Å². The number of benzene rings is 1. The lowest BCUT2D eigenvalue weighted by Gasteiger charge is -2.19. The van der Waals surface area contributed by atoms with Gasteiger partial charge in [-0.05, 0) is 45.0 Å². The smallest absolute Gasteiger partial charge is 0.0846 e. The molecule has 0 amide bonds. The summed E-state index contributed by atoms with van der Waals surface area (Å²) in [4.78, 5) is 0. The van der Waals surface area contributed by atoms with Gasteiger partial charge >= 0.3 is 0 Å². The van der Waals surface area contributed by atoms with Crippen molar-refractivity contribution in [3.05, 3.63) is 46.2 Å². The predicted molar refractivity (Wildman–Crippen MR) is 80.2 cm³/mol. The molecule has 0 spiro atoms. The van der Waals surface area contributed by atoms with Crippen LogP contribution in [0.2, 0.25) is 10.0 Å². The Morgan fingerprint density at radius 1 is 1.21 bits per heavy atom. The quantitative estimate of drug-likeness (QED) is 0.925. The van der Waals surface area contributed by atoms with Crippen molar-refractivity contribution in [2.75, 3.05) is 0 Å². The summed E-state index contributed by atoms with van der Waals surface area (Å²) in [7, 11) is 0. The second-order valence-corrected chi connectivity index (χ2v) is 6.29. The van der Waals surface area contributed by atoms with Gasteiger partial charge in [0.25, 0.3) is 0 Å². The van der Waals surface area contributed by atoms with Crippen LogP contribution in [0.25, 0.3) is 5.69 Å². The molecule has 0 radical (unpaired) electrons. The molecule has 0 bridgehead atoms. The van der Waals surface area contributed by atoms with Gasteiger partial charge in [0.05, 0.1) is 16.4 Å². The van der Waals surface area contributed by atoms with Crippen molar-refractivity contribution in [3.63, 3.8) is 0 Å². The Morgan fingerprint density at radius 2 is 1.95 bits per heavy atom. The maximum absolute atomic E-state index is 6.15. The normalized spacial score (nSPS) is 11.8. The van der Waals surface area contributed by atoms with Gasteiger partial charge in [0.2, 0.25) is 0 Å². The van der Waals surface area contributed by atoms with Gasteiger partial charge < -0.3 is 5.32 Å². The molecule has 1 aromatic carbocycles. The zero-order chi connectivity index (χ0) is 14.0. The molecule has 102 valence electrons. The molecule has 0 atom stereocenters. The van der Waals surface area contributed by atoms with E-state index in [0.717, 1.165) is 11.4 Å². The molecule has 0 unspecified atom stereocenters. The van der Waals surface area contributed by atoms with E-state index in [1.165, 1.54) is 0 Å². The second-order valence-electron chi connectivity index (χ2n) is 5.45. The number of nitrogens with zero attached hydrogens (tertiary/aromatic N) is 2. The highest BCUT2D eigenvalue weighted by molar-refractivity contribution is 6.34. The van der Waals surface area contributed by atoms with E-state index < -0.39 is 0 Å². The summed E-state index contributed by atoms with van der Waals surface area (Å²) in [6.07, 6.45) is 1.89. The van der Waals surface area contributed by atoms with Gasteiger partial charge in [-0.15, -0.1) is 0 Å². The van der Waals surface area contributed by atoms with Crippen LogP contribution in [-0.4, -0.2) is 15.3 Å². The lowest BCUT2D eigenvalue weighted by Crippen LogP contribution is -2.35. The zero-order valence-corrected chi connectivity index (χ0v) is 12.8. The van der Waals surface area contributed by atoms with Gasteiger partial charge in [0, 0.05) is 23.3 Å². The van der Waals surface area contributed by atoms with Gasteiger partial charge in [-0.2, -0.15) is 5.10 Å². The van der Waals surface area contributed by atoms with Crippen molar-refractivity contribution in [1.82, 2.24) is 15.1 Å². The van der Waals surface area contributed by atoms with Crippen LogP contribution in [0.4, 0.5) is 0 Å². The molecule has 0 fully saturated rings. The van der Waals surface area contributed by atoms with Gasteiger partial charge in [-0.3, -0.25) is 0 Å². The first kappa shape index (κ1) is 14.4. The topological polar surface area (TPSA) is 29.9 Å². The van der Waals surface area contributed by atoms with Crippen molar-refractivity contribution < 1.29 is 0 Å². The van der Waals surface area contributed by atoms with Crippen LogP contribution >= 0.6 is 23.2 Å². The third-order valence-electron chi connectivity index (χ3n) is 2.60. The third-order valence-corrected chi connectivity index (χ3v) is 3.15. The van der Waals surface area contributed by atoms with E-state index in [-0.39, 0.29) is 5.54 Å². The molecule has 1 heterocycles. The van der Waals surface area contributed by atoms with E-state index in [0.29, 0.717) is 16.6 Å². The highest BCUT2D eigenvalue weighted by atomic mass is 35.5. The Balaban J connectivity index is 2.19. The Kier molecular flexibility index (Phi) is 4.19. The molecule has 0 saturated heterocycles. The number of rotatable bonds is 3. The van der Waals surface area contributed by atoms with E-state index in [9.17, 15) is 0 Å². The minimum absolute atomic E-state index is 0.0669. The Labute approximate surface area is 123 Å². The number of hydrogen-bond donors (Lipinski definition) is 1. The number of halogens is 2. The molecule has 0 saturated carbocycles. The third kappa shape index (κ3) is 3.96. The molecule has 0 aliphatic carbocycles. The molecule has 2 aromatic rings. The summed E-state index contributed by atoms with van der Waals surface area (Å²) in [5.74, 6) is 0. The van der Waals surface area contributed by atoms with Crippen LogP contribution in [0.5, 0.6) is 0 Å². The van der Waals surface area contributed by atoms with Crippen molar-refractivity contribution in [2.45, 2.75) is 32.9 Å². The Bertz CT molecular complexity index is 570. The van der Waals surface area contributed by atoms with Crippen molar-refractivity contribution in [3.8, 4) is 5.69 Å². The van der Waals surface area contributed by atoms with E-state index >= 15 is 0 Å². The zero-order valence-electron chi connectivity index (χ0n) is 11.2. The molecule has 2 rings (SSSR count). The molecule has 0 aliphatic rings. The average Bonchev–Trinajstić information content (AvgIpc) is 2.77. The second kappa shape index (κ2) is 5.53. The van der Waals surface area contributed by atoms with Crippen LogP contribution in [0, 0.1) is 0 Å². The van der Waals surface area contributed by atoms with Gasteiger partial charge in [0.15, 0.2) is 0 Å². The Morgan fingerprint density at radius 3 is 2.63 bits per heavy atom.